The molecule has 84 valence electrons. The lowest BCUT2D eigenvalue weighted by Gasteiger charge is -2.23. The minimum Gasteiger partial charge on any atom is -0.449 e. The number of hydrogen-bond donors (Lipinski definition) is 0. The van der Waals surface area contributed by atoms with Gasteiger partial charge in [-0.3, -0.25) is 4.79 Å². The van der Waals surface area contributed by atoms with Crippen LogP contribution < -0.4 is 0 Å². The maximum atomic E-state index is 11.3. The average Bonchev–Trinajstić information content (AvgIpc) is 2.14. The molecule has 4 nitrogen and oxygen atoms in total. The van der Waals surface area contributed by atoms with E-state index in [0.717, 1.165) is 0 Å². The molecule has 0 aromatic rings. The maximum absolute atomic E-state index is 11.3. The second kappa shape index (κ2) is 6.22. The first kappa shape index (κ1) is 13.7. The third-order valence-corrected chi connectivity index (χ3v) is 1.86. The van der Waals surface area contributed by atoms with Gasteiger partial charge in [-0.1, -0.05) is 11.6 Å². The van der Waals surface area contributed by atoms with Crippen molar-refractivity contribution in [2.24, 2.45) is 5.41 Å². The highest BCUT2D eigenvalue weighted by molar-refractivity contribution is 6.17. The normalized spacial score (nSPS) is 13.8. The van der Waals surface area contributed by atoms with Crippen molar-refractivity contribution in [3.63, 3.8) is 0 Å². The Morgan fingerprint density at radius 3 is 2.50 bits per heavy atom. The third-order valence-electron chi connectivity index (χ3n) is 1.75. The molecular weight excluding hydrogens is 208 g/mol. The summed E-state index contributed by atoms with van der Waals surface area (Å²) in [6, 6.07) is -0.137. The Kier molecular flexibility index (Phi) is 6.08. The van der Waals surface area contributed by atoms with Gasteiger partial charge < -0.3 is 14.2 Å². The Balaban J connectivity index is 3.99. The zero-order chi connectivity index (χ0) is 11.2. The minimum atomic E-state index is -0.707. The van der Waals surface area contributed by atoms with Crippen LogP contribution >= 0.6 is 11.6 Å². The van der Waals surface area contributed by atoms with Gasteiger partial charge in [-0.2, -0.15) is 0 Å². The lowest BCUT2D eigenvalue weighted by Crippen LogP contribution is -2.33. The van der Waals surface area contributed by atoms with E-state index in [1.54, 1.807) is 20.8 Å². The summed E-state index contributed by atoms with van der Waals surface area (Å²) in [7, 11) is 1.54. The van der Waals surface area contributed by atoms with Crippen molar-refractivity contribution >= 4 is 17.6 Å². The molecule has 0 N–H and O–H groups in total. The highest BCUT2D eigenvalue weighted by Gasteiger charge is 2.30. The number of methoxy groups -OCH3 is 1. The fourth-order valence-electron chi connectivity index (χ4n) is 0.698. The number of rotatable bonds is 6. The van der Waals surface area contributed by atoms with Crippen molar-refractivity contribution in [1.82, 2.24) is 0 Å². The van der Waals surface area contributed by atoms with E-state index in [0.29, 0.717) is 0 Å². The molecule has 0 aromatic heterocycles. The van der Waals surface area contributed by atoms with E-state index in [2.05, 4.69) is 4.74 Å². The summed E-state index contributed by atoms with van der Waals surface area (Å²) in [5, 5.41) is 0. The Hall–Kier alpha value is -0.320. The summed E-state index contributed by atoms with van der Waals surface area (Å²) in [5.41, 5.74) is -0.707. The van der Waals surface area contributed by atoms with Crippen molar-refractivity contribution in [1.29, 1.82) is 0 Å². The van der Waals surface area contributed by atoms with Crippen molar-refractivity contribution in [3.05, 3.63) is 0 Å². The van der Waals surface area contributed by atoms with E-state index in [4.69, 9.17) is 21.1 Å². The quantitative estimate of drug-likeness (QED) is 0.392. The molecule has 14 heavy (non-hydrogen) atoms. The van der Waals surface area contributed by atoms with E-state index in [1.807, 2.05) is 0 Å². The lowest BCUT2D eigenvalue weighted by molar-refractivity contribution is -0.166. The van der Waals surface area contributed by atoms with Gasteiger partial charge in [0.25, 0.3) is 0 Å². The molecule has 1 atom stereocenters. The van der Waals surface area contributed by atoms with Gasteiger partial charge in [-0.15, -0.1) is 0 Å². The summed E-state index contributed by atoms with van der Waals surface area (Å²) in [6.45, 7) is 5.44. The van der Waals surface area contributed by atoms with Gasteiger partial charge in [0.15, 0.2) is 12.4 Å². The molecule has 0 aliphatic rings. The van der Waals surface area contributed by atoms with Crippen LogP contribution in [0.2, 0.25) is 0 Å². The number of esters is 1. The largest absolute Gasteiger partial charge is 0.449 e. The number of ether oxygens (including phenoxy) is 3. The first-order chi connectivity index (χ1) is 6.44. The molecule has 1 unspecified atom stereocenters. The van der Waals surface area contributed by atoms with Crippen LogP contribution in [0.4, 0.5) is 0 Å². The Morgan fingerprint density at radius 1 is 1.50 bits per heavy atom. The van der Waals surface area contributed by atoms with Crippen LogP contribution in [0.5, 0.6) is 0 Å². The molecule has 0 aliphatic heterocycles. The topological polar surface area (TPSA) is 44.8 Å². The van der Waals surface area contributed by atoms with E-state index in [1.165, 1.54) is 7.11 Å². The first-order valence-corrected chi connectivity index (χ1v) is 4.85. The van der Waals surface area contributed by atoms with Crippen LogP contribution in [-0.4, -0.2) is 32.0 Å². The van der Waals surface area contributed by atoms with Crippen LogP contribution in [0.1, 0.15) is 20.8 Å². The minimum absolute atomic E-state index is 0.137. The Labute approximate surface area is 89.5 Å². The van der Waals surface area contributed by atoms with Gasteiger partial charge >= 0.3 is 5.97 Å². The third kappa shape index (κ3) is 4.79. The number of carbonyl (C=O) groups excluding carboxylic acids is 1. The highest BCUT2D eigenvalue weighted by Crippen LogP contribution is 2.18. The van der Waals surface area contributed by atoms with Gasteiger partial charge in [-0.25, -0.2) is 0 Å². The summed E-state index contributed by atoms with van der Waals surface area (Å²) < 4.78 is 14.8. The SMILES string of the molecule is COC(C)OCC(C)(C)C(=O)OCCl. The molecule has 0 fully saturated rings. The smallest absolute Gasteiger partial charge is 0.315 e. The van der Waals surface area contributed by atoms with Gasteiger partial charge in [-0.05, 0) is 20.8 Å². The molecule has 0 spiro atoms. The maximum Gasteiger partial charge on any atom is 0.315 e. The highest BCUT2D eigenvalue weighted by atomic mass is 35.5. The number of hydrogen-bond acceptors (Lipinski definition) is 4. The molecule has 0 rings (SSSR count). The Morgan fingerprint density at radius 2 is 2.07 bits per heavy atom. The predicted molar refractivity (Wildman–Crippen MR) is 53.0 cm³/mol. The average molecular weight is 225 g/mol. The van der Waals surface area contributed by atoms with Gasteiger partial charge in [0, 0.05) is 7.11 Å². The number of carbonyl (C=O) groups is 1. The van der Waals surface area contributed by atoms with Gasteiger partial charge in [0.05, 0.1) is 12.0 Å². The van der Waals surface area contributed by atoms with Crippen LogP contribution in [0, 0.1) is 5.41 Å². The molecule has 0 saturated heterocycles. The van der Waals surface area contributed by atoms with E-state index in [9.17, 15) is 4.79 Å². The van der Waals surface area contributed by atoms with Crippen LogP contribution in [0.3, 0.4) is 0 Å². The van der Waals surface area contributed by atoms with Crippen molar-refractivity contribution < 1.29 is 19.0 Å². The Bertz CT molecular complexity index is 182. The molecule has 0 radical (unpaired) electrons. The number of halogens is 1. The number of alkyl halides is 1. The first-order valence-electron chi connectivity index (χ1n) is 4.31. The van der Waals surface area contributed by atoms with E-state index < -0.39 is 5.41 Å². The van der Waals surface area contributed by atoms with E-state index >= 15 is 0 Å². The van der Waals surface area contributed by atoms with Crippen molar-refractivity contribution in [3.8, 4) is 0 Å². The van der Waals surface area contributed by atoms with E-state index in [-0.39, 0.29) is 24.9 Å². The van der Waals surface area contributed by atoms with Crippen molar-refractivity contribution in [2.45, 2.75) is 27.1 Å². The molecular formula is C9H17ClO4. The molecule has 0 amide bonds. The second-order valence-electron chi connectivity index (χ2n) is 3.54. The summed E-state index contributed by atoms with van der Waals surface area (Å²) in [5.74, 6) is -0.379. The molecule has 0 aromatic carbocycles. The van der Waals surface area contributed by atoms with Crippen LogP contribution in [-0.2, 0) is 19.0 Å². The monoisotopic (exact) mass is 224 g/mol. The summed E-state index contributed by atoms with van der Waals surface area (Å²) >= 11 is 5.28. The van der Waals surface area contributed by atoms with Crippen LogP contribution in [0.15, 0.2) is 0 Å². The van der Waals surface area contributed by atoms with Crippen molar-refractivity contribution in [2.75, 3.05) is 19.8 Å². The fourth-order valence-corrected chi connectivity index (χ4v) is 0.797. The van der Waals surface area contributed by atoms with Gasteiger partial charge in [0.2, 0.25) is 0 Å². The standard InChI is InChI=1S/C9H17ClO4/c1-7(12-4)13-5-9(2,3)8(11)14-6-10/h7H,5-6H2,1-4H3. The molecule has 0 saturated carbocycles. The zero-order valence-electron chi connectivity index (χ0n) is 9.00. The second-order valence-corrected chi connectivity index (χ2v) is 3.76. The fraction of sp³-hybridized carbons (Fsp3) is 0.889. The van der Waals surface area contributed by atoms with Crippen LogP contribution in [0.25, 0.3) is 0 Å². The molecule has 0 aliphatic carbocycles. The van der Waals surface area contributed by atoms with Gasteiger partial charge in [0.1, 0.15) is 0 Å². The lowest BCUT2D eigenvalue weighted by atomic mass is 9.95. The molecule has 0 heterocycles. The summed E-state index contributed by atoms with van der Waals surface area (Å²) in [6.07, 6.45) is -0.335. The zero-order valence-corrected chi connectivity index (χ0v) is 9.76. The summed E-state index contributed by atoms with van der Waals surface area (Å²) in [4.78, 5) is 11.3. The molecule has 5 heteroatoms. The predicted octanol–water partition coefficient (Wildman–Crippen LogP) is 1.76. The molecule has 0 bridgehead atoms.